The SMILES string of the molecule is CCN1C(=O)SC(=c2sc(=Cc3ccc4c(c3)C3CCCC3N4Cc3ccccc3)c(=O)n2CC(=O)O)C1=O. The van der Waals surface area contributed by atoms with Gasteiger partial charge in [0.05, 0.1) is 4.53 Å². The number of hydrogen-bond donors (Lipinski definition) is 1. The van der Waals surface area contributed by atoms with E-state index in [1.165, 1.54) is 23.2 Å². The maximum absolute atomic E-state index is 13.3. The van der Waals surface area contributed by atoms with Crippen LogP contribution in [0.25, 0.3) is 11.0 Å². The number of thioether (sulfide) groups is 1. The molecule has 200 valence electrons. The fraction of sp³-hybridized carbons (Fsp3) is 0.310. The highest BCUT2D eigenvalue weighted by Crippen LogP contribution is 2.50. The molecule has 2 atom stereocenters. The van der Waals surface area contributed by atoms with Crippen LogP contribution in [0.4, 0.5) is 10.5 Å². The Bertz CT molecular complexity index is 1680. The first-order chi connectivity index (χ1) is 18.9. The van der Waals surface area contributed by atoms with Crippen molar-refractivity contribution in [2.45, 2.75) is 51.2 Å². The maximum Gasteiger partial charge on any atom is 0.323 e. The van der Waals surface area contributed by atoms with E-state index in [1.807, 2.05) is 12.1 Å². The van der Waals surface area contributed by atoms with Gasteiger partial charge in [0.1, 0.15) is 16.1 Å². The summed E-state index contributed by atoms with van der Waals surface area (Å²) >= 11 is 1.81. The molecule has 3 aliphatic rings. The fourth-order valence-corrected chi connectivity index (χ4v) is 8.16. The number of aromatic nitrogens is 1. The van der Waals surface area contributed by atoms with Crippen LogP contribution in [0.3, 0.4) is 0 Å². The first kappa shape index (κ1) is 25.6. The summed E-state index contributed by atoms with van der Waals surface area (Å²) in [6.07, 6.45) is 5.22. The van der Waals surface area contributed by atoms with Crippen LogP contribution in [0.5, 0.6) is 0 Å². The second kappa shape index (κ2) is 10.2. The molecule has 1 aromatic heterocycles. The van der Waals surface area contributed by atoms with Crippen molar-refractivity contribution in [2.24, 2.45) is 0 Å². The predicted octanol–water partition coefficient (Wildman–Crippen LogP) is 3.30. The van der Waals surface area contributed by atoms with E-state index in [0.29, 0.717) is 16.5 Å². The Labute approximate surface area is 232 Å². The van der Waals surface area contributed by atoms with Crippen molar-refractivity contribution in [1.29, 1.82) is 0 Å². The summed E-state index contributed by atoms with van der Waals surface area (Å²) in [5, 5.41) is 9.03. The standard InChI is InChI=1S/C29H27N3O5S2/c1-2-30-27(36)25(39-29(30)37)28-32(16-24(33)34)26(35)23(38-28)14-18-11-12-22-20(13-18)19-9-6-10-21(19)31(22)15-17-7-4-3-5-8-17/h3-5,7-8,11-14,19,21H,2,6,9-10,15-16H2,1H3,(H,33,34). The van der Waals surface area contributed by atoms with Crippen LogP contribution in [0, 0.1) is 0 Å². The van der Waals surface area contributed by atoms with Gasteiger partial charge in [-0.25, -0.2) is 0 Å². The molecule has 3 aromatic rings. The van der Waals surface area contributed by atoms with E-state index in [-0.39, 0.29) is 16.1 Å². The van der Waals surface area contributed by atoms with E-state index in [9.17, 15) is 24.3 Å². The molecule has 0 spiro atoms. The molecule has 1 saturated carbocycles. The first-order valence-electron chi connectivity index (χ1n) is 13.0. The van der Waals surface area contributed by atoms with E-state index in [0.717, 1.165) is 57.5 Å². The normalized spacial score (nSPS) is 22.1. The minimum absolute atomic E-state index is 0.101. The molecule has 2 unspecified atom stereocenters. The van der Waals surface area contributed by atoms with Gasteiger partial charge in [0.2, 0.25) is 0 Å². The van der Waals surface area contributed by atoms with Crippen molar-refractivity contribution in [3.63, 3.8) is 0 Å². The molecular weight excluding hydrogens is 534 g/mol. The van der Waals surface area contributed by atoms with Crippen LogP contribution in [0.15, 0.2) is 53.3 Å². The summed E-state index contributed by atoms with van der Waals surface area (Å²) in [7, 11) is 0. The number of aliphatic carboxylic acids is 1. The molecule has 1 N–H and O–H groups in total. The molecule has 1 aliphatic carbocycles. The average molecular weight is 562 g/mol. The Morgan fingerprint density at radius 3 is 2.62 bits per heavy atom. The van der Waals surface area contributed by atoms with Crippen LogP contribution >= 0.6 is 23.1 Å². The number of anilines is 1. The van der Waals surface area contributed by atoms with Gasteiger partial charge in [-0.2, -0.15) is 0 Å². The van der Waals surface area contributed by atoms with E-state index in [1.54, 1.807) is 13.0 Å². The summed E-state index contributed by atoms with van der Waals surface area (Å²) in [5.74, 6) is -1.25. The average Bonchev–Trinajstić information content (AvgIpc) is 3.65. The number of fused-ring (bicyclic) bond motifs is 3. The number of nitrogens with zero attached hydrogens (tertiary/aromatic N) is 3. The molecule has 0 bridgehead atoms. The lowest BCUT2D eigenvalue weighted by molar-refractivity contribution is -0.137. The highest BCUT2D eigenvalue weighted by Gasteiger charge is 2.41. The van der Waals surface area contributed by atoms with Gasteiger partial charge in [-0.3, -0.25) is 28.6 Å². The topological polar surface area (TPSA) is 99.9 Å². The molecule has 0 radical (unpaired) electrons. The number of hydrogen-bond acceptors (Lipinski definition) is 7. The van der Waals surface area contributed by atoms with Crippen LogP contribution in [0.1, 0.15) is 48.8 Å². The summed E-state index contributed by atoms with van der Waals surface area (Å²) in [4.78, 5) is 53.7. The van der Waals surface area contributed by atoms with Crippen LogP contribution in [-0.2, 0) is 22.7 Å². The third kappa shape index (κ3) is 4.51. The Morgan fingerprint density at radius 2 is 1.90 bits per heavy atom. The Morgan fingerprint density at radius 1 is 1.10 bits per heavy atom. The third-order valence-corrected chi connectivity index (χ3v) is 9.92. The molecule has 3 heterocycles. The third-order valence-electron chi connectivity index (χ3n) is 7.69. The zero-order chi connectivity index (χ0) is 27.3. The van der Waals surface area contributed by atoms with E-state index >= 15 is 0 Å². The quantitative estimate of drug-likeness (QED) is 0.493. The second-order valence-corrected chi connectivity index (χ2v) is 12.0. The van der Waals surface area contributed by atoms with Crippen molar-refractivity contribution >= 4 is 56.9 Å². The molecule has 6 rings (SSSR count). The minimum atomic E-state index is -1.19. The lowest BCUT2D eigenvalue weighted by atomic mass is 9.96. The van der Waals surface area contributed by atoms with Gasteiger partial charge in [0, 0.05) is 30.7 Å². The highest BCUT2D eigenvalue weighted by atomic mass is 32.2. The summed E-state index contributed by atoms with van der Waals surface area (Å²) in [6, 6.07) is 17.2. The van der Waals surface area contributed by atoms with Gasteiger partial charge in [0.25, 0.3) is 16.7 Å². The summed E-state index contributed by atoms with van der Waals surface area (Å²) < 4.78 is 1.63. The van der Waals surface area contributed by atoms with Crippen molar-refractivity contribution < 1.29 is 19.5 Å². The van der Waals surface area contributed by atoms with Crippen molar-refractivity contribution in [3.8, 4) is 0 Å². The van der Waals surface area contributed by atoms with Gasteiger partial charge in [-0.15, -0.1) is 11.3 Å². The smallest absolute Gasteiger partial charge is 0.323 e. The van der Waals surface area contributed by atoms with Crippen molar-refractivity contribution in [2.75, 3.05) is 11.4 Å². The van der Waals surface area contributed by atoms with Crippen LogP contribution in [-0.4, -0.2) is 44.3 Å². The van der Waals surface area contributed by atoms with Gasteiger partial charge < -0.3 is 10.0 Å². The molecule has 2 aliphatic heterocycles. The number of carboxylic acids is 1. The number of carbonyl (C=O) groups is 3. The molecule has 8 nitrogen and oxygen atoms in total. The molecule has 39 heavy (non-hydrogen) atoms. The monoisotopic (exact) mass is 561 g/mol. The summed E-state index contributed by atoms with van der Waals surface area (Å²) in [6.45, 7) is 2.17. The fourth-order valence-electron chi connectivity index (χ4n) is 5.98. The number of carbonyl (C=O) groups excluding carboxylic acids is 2. The van der Waals surface area contributed by atoms with Gasteiger partial charge in [-0.05, 0) is 66.4 Å². The van der Waals surface area contributed by atoms with Crippen molar-refractivity contribution in [3.05, 3.63) is 84.8 Å². The van der Waals surface area contributed by atoms with Crippen LogP contribution < -0.4 is 19.7 Å². The second-order valence-electron chi connectivity index (χ2n) is 9.98. The molecule has 2 aromatic carbocycles. The molecule has 10 heteroatoms. The Kier molecular flexibility index (Phi) is 6.68. The number of rotatable bonds is 6. The maximum atomic E-state index is 13.3. The van der Waals surface area contributed by atoms with Gasteiger partial charge in [0.15, 0.2) is 0 Å². The Hall–Kier alpha value is -3.63. The first-order valence-corrected chi connectivity index (χ1v) is 14.6. The number of amides is 2. The number of thiazole rings is 1. The number of carboxylic acid groups (broad SMARTS) is 1. The lowest BCUT2D eigenvalue weighted by Gasteiger charge is -2.27. The Balaban J connectivity index is 1.43. The van der Waals surface area contributed by atoms with Gasteiger partial charge >= 0.3 is 5.97 Å². The van der Waals surface area contributed by atoms with Crippen LogP contribution in [0.2, 0.25) is 0 Å². The zero-order valence-corrected chi connectivity index (χ0v) is 23.0. The molecule has 2 amide bonds. The largest absolute Gasteiger partial charge is 0.480 e. The predicted molar refractivity (Wildman–Crippen MR) is 152 cm³/mol. The zero-order valence-electron chi connectivity index (χ0n) is 21.3. The summed E-state index contributed by atoms with van der Waals surface area (Å²) in [5.41, 5.74) is 4.15. The van der Waals surface area contributed by atoms with Gasteiger partial charge in [-0.1, -0.05) is 42.8 Å². The van der Waals surface area contributed by atoms with E-state index in [2.05, 4.69) is 41.3 Å². The number of imide groups is 1. The highest BCUT2D eigenvalue weighted by molar-refractivity contribution is 8.23. The minimum Gasteiger partial charge on any atom is -0.480 e. The lowest BCUT2D eigenvalue weighted by Crippen LogP contribution is -2.35. The van der Waals surface area contributed by atoms with Crippen molar-refractivity contribution in [1.82, 2.24) is 9.47 Å². The molecule has 1 saturated heterocycles. The number of benzene rings is 2. The molecular formula is C29H27N3O5S2. The molecule has 2 fully saturated rings. The van der Waals surface area contributed by atoms with E-state index < -0.39 is 29.2 Å². The van der Waals surface area contributed by atoms with E-state index in [4.69, 9.17) is 0 Å².